The van der Waals surface area contributed by atoms with E-state index in [0.717, 1.165) is 10.5 Å². The number of carbonyl (C=O) groups is 2. The maximum Gasteiger partial charge on any atom is 0.271 e. The first-order valence-corrected chi connectivity index (χ1v) is 11.9. The van der Waals surface area contributed by atoms with E-state index < -0.39 is 11.8 Å². The van der Waals surface area contributed by atoms with Crippen LogP contribution in [-0.2, 0) is 22.7 Å². The van der Waals surface area contributed by atoms with Crippen molar-refractivity contribution in [2.45, 2.75) is 20.1 Å². The minimum atomic E-state index is -0.632. The van der Waals surface area contributed by atoms with E-state index in [1.165, 1.54) is 7.11 Å². The van der Waals surface area contributed by atoms with Gasteiger partial charge in [0.1, 0.15) is 18.2 Å². The van der Waals surface area contributed by atoms with E-state index in [1.807, 2.05) is 36.4 Å². The van der Waals surface area contributed by atoms with Crippen LogP contribution >= 0.6 is 0 Å². The van der Waals surface area contributed by atoms with Crippen molar-refractivity contribution in [1.82, 2.24) is 4.90 Å². The number of nitrogens with zero attached hydrogens (tertiary/aromatic N) is 2. The van der Waals surface area contributed by atoms with E-state index in [1.54, 1.807) is 49.4 Å². The lowest BCUT2D eigenvalue weighted by Crippen LogP contribution is -2.42. The maximum absolute atomic E-state index is 13.5. The van der Waals surface area contributed by atoms with E-state index in [9.17, 15) is 14.9 Å². The van der Waals surface area contributed by atoms with Crippen molar-refractivity contribution in [3.8, 4) is 29.1 Å². The fourth-order valence-electron chi connectivity index (χ4n) is 4.29. The molecule has 0 spiro atoms. The van der Waals surface area contributed by atoms with Crippen molar-refractivity contribution in [2.24, 2.45) is 0 Å². The Morgan fingerprint density at radius 2 is 1.74 bits per heavy atom. The minimum Gasteiger partial charge on any atom is -0.493 e. The zero-order valence-electron chi connectivity index (χ0n) is 20.9. The predicted molar refractivity (Wildman–Crippen MR) is 138 cm³/mol. The van der Waals surface area contributed by atoms with Crippen molar-refractivity contribution >= 4 is 17.9 Å². The molecule has 2 amide bonds. The summed E-state index contributed by atoms with van der Waals surface area (Å²) < 4.78 is 22.2. The highest BCUT2D eigenvalue weighted by Gasteiger charge is 2.35. The molecule has 2 heterocycles. The molecule has 0 saturated carbocycles. The Morgan fingerprint density at radius 1 is 0.947 bits per heavy atom. The number of methoxy groups -OCH3 is 1. The third kappa shape index (κ3) is 4.82. The molecule has 0 aliphatic carbocycles. The Kier molecular flexibility index (Phi) is 6.83. The summed E-state index contributed by atoms with van der Waals surface area (Å²) in [4.78, 5) is 27.6. The lowest BCUT2D eigenvalue weighted by Gasteiger charge is -2.27. The van der Waals surface area contributed by atoms with Gasteiger partial charge in [0.2, 0.25) is 6.79 Å². The average molecular weight is 509 g/mol. The molecule has 0 radical (unpaired) electrons. The van der Waals surface area contributed by atoms with Crippen molar-refractivity contribution in [3.05, 3.63) is 100 Å². The van der Waals surface area contributed by atoms with Crippen LogP contribution in [0.25, 0.3) is 6.08 Å². The van der Waals surface area contributed by atoms with Gasteiger partial charge >= 0.3 is 0 Å². The fraction of sp³-hybridized carbons (Fsp3) is 0.167. The topological polar surface area (TPSA) is 98.1 Å². The smallest absolute Gasteiger partial charge is 0.271 e. The van der Waals surface area contributed by atoms with E-state index in [0.29, 0.717) is 46.3 Å². The van der Waals surface area contributed by atoms with Crippen LogP contribution < -0.4 is 18.9 Å². The molecule has 190 valence electrons. The number of nitriles is 1. The monoisotopic (exact) mass is 508 g/mol. The van der Waals surface area contributed by atoms with E-state index in [2.05, 4.69) is 0 Å². The van der Waals surface area contributed by atoms with E-state index in [-0.39, 0.29) is 24.5 Å². The van der Waals surface area contributed by atoms with Crippen molar-refractivity contribution < 1.29 is 28.5 Å². The standard InChI is InChI=1S/C30H24N2O6/c1-19-23(12-21-8-10-25(27(13-21)35-2)36-17-20-6-4-3-5-7-20)29(33)32(30(34)24(19)15-31)16-22-9-11-26-28(14-22)38-18-37-26/h3-14H,16-18H2,1-2H3/b23-12+. The zero-order valence-corrected chi connectivity index (χ0v) is 20.9. The van der Waals surface area contributed by atoms with Crippen LogP contribution in [0, 0.1) is 11.3 Å². The molecule has 0 atom stereocenters. The molecule has 0 bridgehead atoms. The molecule has 3 aromatic rings. The molecule has 8 nitrogen and oxygen atoms in total. The molecular weight excluding hydrogens is 484 g/mol. The molecule has 8 heteroatoms. The van der Waals surface area contributed by atoms with Gasteiger partial charge in [0.05, 0.1) is 13.7 Å². The zero-order chi connectivity index (χ0) is 26.6. The number of imide groups is 1. The summed E-state index contributed by atoms with van der Waals surface area (Å²) in [5, 5.41) is 9.72. The Balaban J connectivity index is 1.43. The molecule has 2 aliphatic rings. The van der Waals surface area contributed by atoms with Gasteiger partial charge in [-0.15, -0.1) is 0 Å². The van der Waals surface area contributed by atoms with Gasteiger partial charge in [-0.05, 0) is 59.5 Å². The second-order valence-electron chi connectivity index (χ2n) is 8.74. The molecule has 0 unspecified atom stereocenters. The Morgan fingerprint density at radius 3 is 2.50 bits per heavy atom. The summed E-state index contributed by atoms with van der Waals surface area (Å²) in [6.45, 7) is 2.08. The van der Waals surface area contributed by atoms with Gasteiger partial charge in [-0.25, -0.2) is 0 Å². The Hall–Kier alpha value is -5.03. The number of amides is 2. The lowest BCUT2D eigenvalue weighted by atomic mass is 9.93. The highest BCUT2D eigenvalue weighted by atomic mass is 16.7. The highest BCUT2D eigenvalue weighted by Crippen LogP contribution is 2.35. The first-order chi connectivity index (χ1) is 18.5. The highest BCUT2D eigenvalue weighted by molar-refractivity contribution is 6.19. The number of benzene rings is 3. The number of hydrogen-bond acceptors (Lipinski definition) is 7. The molecule has 0 fully saturated rings. The molecule has 5 rings (SSSR count). The largest absolute Gasteiger partial charge is 0.493 e. The first kappa shape index (κ1) is 24.7. The third-order valence-corrected chi connectivity index (χ3v) is 6.34. The van der Waals surface area contributed by atoms with Crippen LogP contribution in [0.2, 0.25) is 0 Å². The van der Waals surface area contributed by atoms with Crippen molar-refractivity contribution in [2.75, 3.05) is 13.9 Å². The van der Waals surface area contributed by atoms with Crippen molar-refractivity contribution in [3.63, 3.8) is 0 Å². The second-order valence-corrected chi connectivity index (χ2v) is 8.74. The summed E-state index contributed by atoms with van der Waals surface area (Å²) >= 11 is 0. The molecule has 38 heavy (non-hydrogen) atoms. The van der Waals surface area contributed by atoms with Crippen LogP contribution in [0.15, 0.2) is 83.4 Å². The first-order valence-electron chi connectivity index (χ1n) is 11.9. The molecule has 0 saturated heterocycles. The third-order valence-electron chi connectivity index (χ3n) is 6.34. The summed E-state index contributed by atoms with van der Waals surface area (Å²) in [6, 6.07) is 22.3. The SMILES string of the molecule is COc1cc(/C=C2/C(=O)N(Cc3ccc4c(c3)OCO4)C(=O)C(C#N)=C2C)ccc1OCc1ccccc1. The van der Waals surface area contributed by atoms with Gasteiger partial charge in [0.15, 0.2) is 23.0 Å². The quantitative estimate of drug-likeness (QED) is 0.334. The fourth-order valence-corrected chi connectivity index (χ4v) is 4.29. The minimum absolute atomic E-state index is 0.0142. The molecule has 2 aliphatic heterocycles. The van der Waals surface area contributed by atoms with Gasteiger partial charge in [-0.3, -0.25) is 14.5 Å². The van der Waals surface area contributed by atoms with Gasteiger partial charge < -0.3 is 18.9 Å². The van der Waals surface area contributed by atoms with Crippen LogP contribution in [0.4, 0.5) is 0 Å². The van der Waals surface area contributed by atoms with Gasteiger partial charge in [0.25, 0.3) is 11.8 Å². The summed E-state index contributed by atoms with van der Waals surface area (Å²) in [7, 11) is 1.54. The van der Waals surface area contributed by atoms with Crippen molar-refractivity contribution in [1.29, 1.82) is 5.26 Å². The normalized spacial score (nSPS) is 15.6. The lowest BCUT2D eigenvalue weighted by molar-refractivity contribution is -0.141. The summed E-state index contributed by atoms with van der Waals surface area (Å²) in [5.74, 6) is 1.07. The summed E-state index contributed by atoms with van der Waals surface area (Å²) in [5.41, 5.74) is 2.85. The Labute approximate surface area is 219 Å². The molecule has 0 aromatic heterocycles. The van der Waals surface area contributed by atoms with E-state index in [4.69, 9.17) is 18.9 Å². The second kappa shape index (κ2) is 10.5. The van der Waals surface area contributed by atoms with Gasteiger partial charge in [-0.2, -0.15) is 5.26 Å². The number of fused-ring (bicyclic) bond motifs is 1. The molecule has 3 aromatic carbocycles. The molecular formula is C30H24N2O6. The Bertz CT molecular complexity index is 1520. The van der Waals surface area contributed by atoms with Gasteiger partial charge in [-0.1, -0.05) is 42.5 Å². The average Bonchev–Trinajstić information content (AvgIpc) is 3.41. The number of rotatable bonds is 7. The number of hydrogen-bond donors (Lipinski definition) is 0. The predicted octanol–water partition coefficient (Wildman–Crippen LogP) is 4.80. The van der Waals surface area contributed by atoms with Crippen LogP contribution in [-0.4, -0.2) is 30.6 Å². The summed E-state index contributed by atoms with van der Waals surface area (Å²) in [6.07, 6.45) is 1.65. The number of ether oxygens (including phenoxy) is 4. The maximum atomic E-state index is 13.5. The van der Waals surface area contributed by atoms with Crippen LogP contribution in [0.3, 0.4) is 0 Å². The van der Waals surface area contributed by atoms with Crippen LogP contribution in [0.5, 0.6) is 23.0 Å². The molecule has 0 N–H and O–H groups in total. The van der Waals surface area contributed by atoms with Gasteiger partial charge in [0, 0.05) is 5.57 Å². The van der Waals surface area contributed by atoms with E-state index >= 15 is 0 Å². The van der Waals surface area contributed by atoms with Crippen LogP contribution in [0.1, 0.15) is 23.6 Å². The number of carbonyl (C=O) groups excluding carboxylic acids is 2.